The average molecular weight is 556 g/mol. The first-order chi connectivity index (χ1) is 18.6. The minimum atomic E-state index is -3.61. The largest absolute Gasteiger partial charge is 0.492 e. The van der Waals surface area contributed by atoms with E-state index in [0.29, 0.717) is 36.5 Å². The minimum Gasteiger partial charge on any atom is -0.492 e. The molecule has 1 aliphatic heterocycles. The first-order valence-electron chi connectivity index (χ1n) is 12.5. The molecule has 1 aliphatic rings. The predicted octanol–water partition coefficient (Wildman–Crippen LogP) is 3.09. The highest BCUT2D eigenvalue weighted by Crippen LogP contribution is 2.38. The van der Waals surface area contributed by atoms with E-state index in [1.165, 1.54) is 19.1 Å². The van der Waals surface area contributed by atoms with Gasteiger partial charge in [-0.2, -0.15) is 0 Å². The number of likely N-dealkylation sites (N-methyl/N-ethyl adjacent to an activating group) is 1. The maximum absolute atomic E-state index is 13.5. The SMILES string of the molecule is COc1c(NS(C)(=O)=O)cc(C)cc1N(C)C(=O)C(=O)c1ccc(OCCN2CCOCC2)c2ccccc12. The number of fused-ring (bicyclic) bond motifs is 1. The number of methoxy groups -OCH3 is 1. The molecule has 1 saturated heterocycles. The maximum Gasteiger partial charge on any atom is 0.299 e. The number of carbonyl (C=O) groups excluding carboxylic acids is 2. The lowest BCUT2D eigenvalue weighted by Gasteiger charge is -2.26. The van der Waals surface area contributed by atoms with Crippen LogP contribution in [0.3, 0.4) is 0 Å². The van der Waals surface area contributed by atoms with Gasteiger partial charge in [-0.25, -0.2) is 8.42 Å². The number of aryl methyl sites for hydroxylation is 1. The standard InChI is InChI=1S/C28H33N3O7S/c1-19-17-23(29-39(4,34)35)27(36-3)24(18-19)30(2)28(33)26(32)22-9-10-25(21-8-6-5-7-20(21)22)38-16-13-31-11-14-37-15-12-31/h5-10,17-18,29H,11-16H2,1-4H3. The Balaban J connectivity index is 1.60. The fourth-order valence-corrected chi connectivity index (χ4v) is 5.13. The van der Waals surface area contributed by atoms with Gasteiger partial charge in [0.2, 0.25) is 10.0 Å². The Hall–Kier alpha value is -3.67. The van der Waals surface area contributed by atoms with E-state index in [1.54, 1.807) is 43.3 Å². The second-order valence-corrected chi connectivity index (χ2v) is 11.1. The van der Waals surface area contributed by atoms with Gasteiger partial charge in [-0.1, -0.05) is 24.3 Å². The Labute approximate surface area is 228 Å². The monoisotopic (exact) mass is 555 g/mol. The number of anilines is 2. The fraction of sp³-hybridized carbons (Fsp3) is 0.357. The van der Waals surface area contributed by atoms with Crippen molar-refractivity contribution in [2.24, 2.45) is 0 Å². The second-order valence-electron chi connectivity index (χ2n) is 9.39. The molecule has 0 spiro atoms. The summed E-state index contributed by atoms with van der Waals surface area (Å²) < 4.78 is 43.0. The third-order valence-corrected chi connectivity index (χ3v) is 7.06. The van der Waals surface area contributed by atoms with Gasteiger partial charge >= 0.3 is 0 Å². The minimum absolute atomic E-state index is 0.128. The van der Waals surface area contributed by atoms with Crippen molar-refractivity contribution in [2.45, 2.75) is 6.92 Å². The normalized spacial score (nSPS) is 14.2. The molecule has 0 aliphatic carbocycles. The third-order valence-electron chi connectivity index (χ3n) is 6.47. The van der Waals surface area contributed by atoms with Crippen LogP contribution in [0.1, 0.15) is 15.9 Å². The number of nitrogens with zero attached hydrogens (tertiary/aromatic N) is 2. The highest BCUT2D eigenvalue weighted by Gasteiger charge is 2.27. The summed E-state index contributed by atoms with van der Waals surface area (Å²) >= 11 is 0. The van der Waals surface area contributed by atoms with E-state index in [4.69, 9.17) is 14.2 Å². The molecule has 0 unspecified atom stereocenters. The number of morpholine rings is 1. The van der Waals surface area contributed by atoms with Gasteiger partial charge in [-0.3, -0.25) is 19.2 Å². The van der Waals surface area contributed by atoms with Crippen molar-refractivity contribution in [1.29, 1.82) is 0 Å². The van der Waals surface area contributed by atoms with Crippen molar-refractivity contribution >= 4 is 43.9 Å². The van der Waals surface area contributed by atoms with Gasteiger partial charge in [-0.15, -0.1) is 0 Å². The molecular weight excluding hydrogens is 522 g/mol. The first kappa shape index (κ1) is 28.3. The number of benzene rings is 3. The van der Waals surface area contributed by atoms with Crippen LogP contribution in [0.15, 0.2) is 48.5 Å². The van der Waals surface area contributed by atoms with Crippen molar-refractivity contribution in [3.63, 3.8) is 0 Å². The summed E-state index contributed by atoms with van der Waals surface area (Å²) in [6.45, 7) is 6.15. The zero-order valence-electron chi connectivity index (χ0n) is 22.5. The van der Waals surface area contributed by atoms with Gasteiger partial charge in [0.1, 0.15) is 12.4 Å². The van der Waals surface area contributed by atoms with Crippen LogP contribution in [0.2, 0.25) is 0 Å². The quantitative estimate of drug-likeness (QED) is 0.300. The second kappa shape index (κ2) is 12.0. The predicted molar refractivity (Wildman–Crippen MR) is 151 cm³/mol. The van der Waals surface area contributed by atoms with Crippen molar-refractivity contribution in [2.75, 3.05) is 69.5 Å². The van der Waals surface area contributed by atoms with Gasteiger partial charge in [0.25, 0.3) is 11.7 Å². The number of ether oxygens (including phenoxy) is 3. The van der Waals surface area contributed by atoms with Crippen LogP contribution in [0.25, 0.3) is 10.8 Å². The smallest absolute Gasteiger partial charge is 0.299 e. The lowest BCUT2D eigenvalue weighted by molar-refractivity contribution is -0.114. The molecule has 3 aromatic rings. The number of rotatable bonds is 10. The zero-order chi connectivity index (χ0) is 28.2. The Morgan fingerprint density at radius 2 is 1.77 bits per heavy atom. The molecule has 4 rings (SSSR count). The molecule has 0 atom stereocenters. The first-order valence-corrected chi connectivity index (χ1v) is 14.4. The Kier molecular flexibility index (Phi) is 8.73. The summed E-state index contributed by atoms with van der Waals surface area (Å²) in [7, 11) is -0.791. The van der Waals surface area contributed by atoms with Crippen molar-refractivity contribution in [1.82, 2.24) is 4.90 Å². The van der Waals surface area contributed by atoms with Gasteiger partial charge in [0.05, 0.1) is 38.0 Å². The van der Waals surface area contributed by atoms with Crippen LogP contribution in [-0.2, 0) is 19.6 Å². The van der Waals surface area contributed by atoms with Crippen LogP contribution in [-0.4, -0.2) is 84.9 Å². The molecule has 0 saturated carbocycles. The molecule has 1 fully saturated rings. The van der Waals surface area contributed by atoms with Crippen LogP contribution in [0, 0.1) is 6.92 Å². The van der Waals surface area contributed by atoms with E-state index in [0.717, 1.165) is 31.3 Å². The summed E-state index contributed by atoms with van der Waals surface area (Å²) in [5.74, 6) is -0.748. The molecule has 0 aromatic heterocycles. The number of Topliss-reactive ketones (excluding diaryl/α,β-unsaturated/α-hetero) is 1. The Bertz CT molecular complexity index is 1480. The summed E-state index contributed by atoms with van der Waals surface area (Å²) in [4.78, 5) is 30.4. The molecule has 10 nitrogen and oxygen atoms in total. The molecule has 208 valence electrons. The van der Waals surface area contributed by atoms with Crippen molar-refractivity contribution < 1.29 is 32.2 Å². The highest BCUT2D eigenvalue weighted by atomic mass is 32.2. The van der Waals surface area contributed by atoms with Crippen LogP contribution < -0.4 is 19.1 Å². The summed E-state index contributed by atoms with van der Waals surface area (Å²) in [5.41, 5.74) is 1.35. The number of nitrogens with one attached hydrogen (secondary N) is 1. The van der Waals surface area contributed by atoms with Crippen molar-refractivity contribution in [3.05, 3.63) is 59.7 Å². The van der Waals surface area contributed by atoms with Crippen LogP contribution >= 0.6 is 0 Å². The summed E-state index contributed by atoms with van der Waals surface area (Å²) in [5, 5.41) is 1.33. The summed E-state index contributed by atoms with van der Waals surface area (Å²) in [6.07, 6.45) is 1.02. The third kappa shape index (κ3) is 6.67. The number of ketones is 1. The maximum atomic E-state index is 13.5. The number of hydrogen-bond donors (Lipinski definition) is 1. The number of sulfonamides is 1. The van der Waals surface area contributed by atoms with E-state index < -0.39 is 21.7 Å². The lowest BCUT2D eigenvalue weighted by Crippen LogP contribution is -2.38. The molecule has 1 heterocycles. The zero-order valence-corrected chi connectivity index (χ0v) is 23.3. The van der Waals surface area contributed by atoms with Crippen LogP contribution in [0.4, 0.5) is 11.4 Å². The molecule has 39 heavy (non-hydrogen) atoms. The van der Waals surface area contributed by atoms with E-state index in [-0.39, 0.29) is 22.7 Å². The molecule has 0 bridgehead atoms. The average Bonchev–Trinajstić information content (AvgIpc) is 2.91. The van der Waals surface area contributed by atoms with E-state index in [9.17, 15) is 18.0 Å². The van der Waals surface area contributed by atoms with Gasteiger partial charge in [0.15, 0.2) is 5.75 Å². The Morgan fingerprint density at radius 3 is 2.44 bits per heavy atom. The van der Waals surface area contributed by atoms with E-state index in [1.807, 2.05) is 12.1 Å². The van der Waals surface area contributed by atoms with E-state index >= 15 is 0 Å². The topological polar surface area (TPSA) is 114 Å². The molecule has 1 amide bonds. The molecular formula is C28H33N3O7S. The number of carbonyl (C=O) groups is 2. The highest BCUT2D eigenvalue weighted by molar-refractivity contribution is 7.92. The molecule has 3 aromatic carbocycles. The number of hydrogen-bond acceptors (Lipinski definition) is 8. The Morgan fingerprint density at radius 1 is 1.08 bits per heavy atom. The lowest BCUT2D eigenvalue weighted by atomic mass is 9.99. The van der Waals surface area contributed by atoms with Gasteiger partial charge in [0, 0.05) is 37.6 Å². The number of amides is 1. The van der Waals surface area contributed by atoms with Gasteiger partial charge < -0.3 is 19.1 Å². The van der Waals surface area contributed by atoms with Gasteiger partial charge in [-0.05, 0) is 42.1 Å². The molecule has 1 N–H and O–H groups in total. The fourth-order valence-electron chi connectivity index (χ4n) is 4.57. The molecule has 0 radical (unpaired) electrons. The summed E-state index contributed by atoms with van der Waals surface area (Å²) in [6, 6.07) is 13.9. The molecule has 11 heteroatoms. The van der Waals surface area contributed by atoms with Crippen molar-refractivity contribution in [3.8, 4) is 11.5 Å². The van der Waals surface area contributed by atoms with Crippen LogP contribution in [0.5, 0.6) is 11.5 Å². The van der Waals surface area contributed by atoms with E-state index in [2.05, 4.69) is 9.62 Å².